The second kappa shape index (κ2) is 5.47. The van der Waals surface area contributed by atoms with Crippen molar-refractivity contribution in [1.82, 2.24) is 15.1 Å². The van der Waals surface area contributed by atoms with Gasteiger partial charge in [0, 0.05) is 25.7 Å². The Kier molecular flexibility index (Phi) is 4.54. The van der Waals surface area contributed by atoms with Gasteiger partial charge in [0.1, 0.15) is 0 Å². The third-order valence-electron chi connectivity index (χ3n) is 2.86. The maximum absolute atomic E-state index is 12.1. The number of hydrogen-bond acceptors (Lipinski definition) is 3. The summed E-state index contributed by atoms with van der Waals surface area (Å²) in [6, 6.07) is 0.382. The first-order chi connectivity index (χ1) is 7.04. The number of amides is 1. The Labute approximate surface area is 92.6 Å². The van der Waals surface area contributed by atoms with E-state index in [1.165, 1.54) is 0 Å². The lowest BCUT2D eigenvalue weighted by Crippen LogP contribution is -2.50. The smallest absolute Gasteiger partial charge is 0.241 e. The summed E-state index contributed by atoms with van der Waals surface area (Å²) in [5, 5.41) is 3.39. The number of nitrogens with one attached hydrogen (secondary N) is 1. The highest BCUT2D eigenvalue weighted by Crippen LogP contribution is 2.07. The van der Waals surface area contributed by atoms with E-state index in [2.05, 4.69) is 17.1 Å². The number of carbonyl (C=O) groups is 1. The van der Waals surface area contributed by atoms with Gasteiger partial charge in [-0.05, 0) is 34.4 Å². The first-order valence-electron chi connectivity index (χ1n) is 5.74. The molecule has 1 rings (SSSR count). The van der Waals surface area contributed by atoms with E-state index in [0.717, 1.165) is 26.1 Å². The summed E-state index contributed by atoms with van der Waals surface area (Å²) in [6.07, 6.45) is 1.05. The molecule has 0 aromatic carbocycles. The quantitative estimate of drug-likeness (QED) is 0.725. The first kappa shape index (κ1) is 12.5. The van der Waals surface area contributed by atoms with E-state index < -0.39 is 0 Å². The van der Waals surface area contributed by atoms with Crippen molar-refractivity contribution in [3.63, 3.8) is 0 Å². The van der Waals surface area contributed by atoms with Crippen LogP contribution in [0, 0.1) is 0 Å². The molecule has 1 saturated heterocycles. The average molecular weight is 213 g/mol. The van der Waals surface area contributed by atoms with Gasteiger partial charge in [-0.25, -0.2) is 0 Å². The van der Waals surface area contributed by atoms with Crippen LogP contribution in [0.2, 0.25) is 0 Å². The molecule has 1 aliphatic rings. The van der Waals surface area contributed by atoms with Crippen molar-refractivity contribution in [1.29, 1.82) is 0 Å². The van der Waals surface area contributed by atoms with Crippen LogP contribution in [0.4, 0.5) is 0 Å². The van der Waals surface area contributed by atoms with Gasteiger partial charge in [0.25, 0.3) is 0 Å². The molecule has 1 N–H and O–H groups in total. The zero-order valence-corrected chi connectivity index (χ0v) is 10.3. The maximum Gasteiger partial charge on any atom is 0.241 e. The second-order valence-electron chi connectivity index (χ2n) is 4.59. The van der Waals surface area contributed by atoms with Crippen LogP contribution in [0.25, 0.3) is 0 Å². The van der Waals surface area contributed by atoms with Crippen molar-refractivity contribution in [2.45, 2.75) is 32.4 Å². The van der Waals surface area contributed by atoms with E-state index in [1.54, 1.807) is 0 Å². The fraction of sp³-hybridized carbons (Fsp3) is 0.909. The Morgan fingerprint density at radius 2 is 2.20 bits per heavy atom. The van der Waals surface area contributed by atoms with E-state index in [-0.39, 0.29) is 11.9 Å². The van der Waals surface area contributed by atoms with Crippen molar-refractivity contribution in [2.75, 3.05) is 33.7 Å². The minimum Gasteiger partial charge on any atom is -0.342 e. The first-order valence-corrected chi connectivity index (χ1v) is 5.74. The topological polar surface area (TPSA) is 35.6 Å². The predicted molar refractivity (Wildman–Crippen MR) is 61.8 cm³/mol. The normalized spacial score (nSPS) is 28.3. The van der Waals surface area contributed by atoms with E-state index in [4.69, 9.17) is 0 Å². The Morgan fingerprint density at radius 3 is 2.73 bits per heavy atom. The molecular weight excluding hydrogens is 190 g/mol. The summed E-state index contributed by atoms with van der Waals surface area (Å²) in [4.78, 5) is 16.1. The summed E-state index contributed by atoms with van der Waals surface area (Å²) in [6.45, 7) is 6.67. The van der Waals surface area contributed by atoms with Gasteiger partial charge in [0.05, 0.1) is 6.04 Å². The molecule has 1 fully saturated rings. The van der Waals surface area contributed by atoms with Crippen LogP contribution >= 0.6 is 0 Å². The predicted octanol–water partition coefficient (Wildman–Crippen LogP) is 0.147. The van der Waals surface area contributed by atoms with Gasteiger partial charge in [-0.3, -0.25) is 4.79 Å². The van der Waals surface area contributed by atoms with Crippen molar-refractivity contribution < 1.29 is 4.79 Å². The van der Waals surface area contributed by atoms with Crippen molar-refractivity contribution in [3.8, 4) is 0 Å². The number of hydrogen-bond donors (Lipinski definition) is 1. The van der Waals surface area contributed by atoms with Gasteiger partial charge >= 0.3 is 0 Å². The standard InChI is InChI=1S/C11H23N3O/c1-5-14-7-6-9(2)12-10(11(14)15)8-13(3)4/h9-10,12H,5-8H2,1-4H3. The van der Waals surface area contributed by atoms with Crippen molar-refractivity contribution in [2.24, 2.45) is 0 Å². The molecule has 1 heterocycles. The van der Waals surface area contributed by atoms with E-state index in [0.29, 0.717) is 6.04 Å². The highest BCUT2D eigenvalue weighted by Gasteiger charge is 2.28. The summed E-state index contributed by atoms with van der Waals surface area (Å²) in [5.41, 5.74) is 0. The SMILES string of the molecule is CCN1CCC(C)NC(CN(C)C)C1=O. The second-order valence-corrected chi connectivity index (χ2v) is 4.59. The van der Waals surface area contributed by atoms with Crippen LogP contribution in [-0.2, 0) is 4.79 Å². The third kappa shape index (κ3) is 3.47. The van der Waals surface area contributed by atoms with Gasteiger partial charge in [-0.1, -0.05) is 0 Å². The third-order valence-corrected chi connectivity index (χ3v) is 2.86. The lowest BCUT2D eigenvalue weighted by atomic mass is 10.2. The number of nitrogens with zero attached hydrogens (tertiary/aromatic N) is 2. The van der Waals surface area contributed by atoms with Crippen molar-refractivity contribution >= 4 is 5.91 Å². The zero-order chi connectivity index (χ0) is 11.4. The molecule has 1 amide bonds. The number of rotatable bonds is 3. The molecular formula is C11H23N3O. The van der Waals surface area contributed by atoms with Crippen LogP contribution in [0.15, 0.2) is 0 Å². The Bertz CT molecular complexity index is 218. The molecule has 0 radical (unpaired) electrons. The molecule has 4 nitrogen and oxygen atoms in total. The van der Waals surface area contributed by atoms with Crippen LogP contribution in [0.1, 0.15) is 20.3 Å². The molecule has 0 aromatic rings. The minimum absolute atomic E-state index is 0.0440. The van der Waals surface area contributed by atoms with Crippen molar-refractivity contribution in [3.05, 3.63) is 0 Å². The molecule has 2 unspecified atom stereocenters. The lowest BCUT2D eigenvalue weighted by Gasteiger charge is -2.25. The highest BCUT2D eigenvalue weighted by molar-refractivity contribution is 5.82. The van der Waals surface area contributed by atoms with Gasteiger partial charge in [-0.15, -0.1) is 0 Å². The van der Waals surface area contributed by atoms with E-state index in [1.807, 2.05) is 25.9 Å². The Hall–Kier alpha value is -0.610. The molecule has 0 aliphatic carbocycles. The zero-order valence-electron chi connectivity index (χ0n) is 10.3. The number of carbonyl (C=O) groups excluding carboxylic acids is 1. The van der Waals surface area contributed by atoms with Gasteiger partial charge in [-0.2, -0.15) is 0 Å². The minimum atomic E-state index is -0.0440. The lowest BCUT2D eigenvalue weighted by molar-refractivity contribution is -0.132. The monoisotopic (exact) mass is 213 g/mol. The molecule has 0 aromatic heterocycles. The molecule has 4 heteroatoms. The van der Waals surface area contributed by atoms with Gasteiger partial charge < -0.3 is 15.1 Å². The molecule has 15 heavy (non-hydrogen) atoms. The maximum atomic E-state index is 12.1. The summed E-state index contributed by atoms with van der Waals surface area (Å²) in [7, 11) is 4.00. The molecule has 0 bridgehead atoms. The summed E-state index contributed by atoms with van der Waals surface area (Å²) in [5.74, 6) is 0.246. The molecule has 1 aliphatic heterocycles. The fourth-order valence-corrected chi connectivity index (χ4v) is 1.99. The van der Waals surface area contributed by atoms with Crippen LogP contribution in [-0.4, -0.2) is 61.5 Å². The summed E-state index contributed by atoms with van der Waals surface area (Å²) >= 11 is 0. The largest absolute Gasteiger partial charge is 0.342 e. The van der Waals surface area contributed by atoms with E-state index in [9.17, 15) is 4.79 Å². The molecule has 0 saturated carbocycles. The van der Waals surface area contributed by atoms with Crippen LogP contribution < -0.4 is 5.32 Å². The van der Waals surface area contributed by atoms with E-state index >= 15 is 0 Å². The molecule has 0 spiro atoms. The van der Waals surface area contributed by atoms with Gasteiger partial charge in [0.2, 0.25) is 5.91 Å². The Morgan fingerprint density at radius 1 is 1.53 bits per heavy atom. The summed E-state index contributed by atoms with van der Waals surface area (Å²) < 4.78 is 0. The molecule has 88 valence electrons. The number of likely N-dealkylation sites (N-methyl/N-ethyl adjacent to an activating group) is 2. The molecule has 2 atom stereocenters. The van der Waals surface area contributed by atoms with Gasteiger partial charge in [0.15, 0.2) is 0 Å². The average Bonchev–Trinajstić information content (AvgIpc) is 2.27. The fourth-order valence-electron chi connectivity index (χ4n) is 1.99. The highest BCUT2D eigenvalue weighted by atomic mass is 16.2. The van der Waals surface area contributed by atoms with Crippen LogP contribution in [0.5, 0.6) is 0 Å². The van der Waals surface area contributed by atoms with Crippen LogP contribution in [0.3, 0.4) is 0 Å². The Balaban J connectivity index is 2.68.